The SMILES string of the molecule is CCc1cnc(CNC(=NC)NCCCN(C)C)s1.I. The van der Waals surface area contributed by atoms with E-state index < -0.39 is 0 Å². The Kier molecular flexibility index (Phi) is 11.0. The minimum atomic E-state index is 0. The Balaban J connectivity index is 0.00000361. The van der Waals surface area contributed by atoms with Crippen molar-refractivity contribution in [2.24, 2.45) is 4.99 Å². The van der Waals surface area contributed by atoms with Gasteiger partial charge in [-0.05, 0) is 33.5 Å². The van der Waals surface area contributed by atoms with E-state index in [1.165, 1.54) is 4.88 Å². The van der Waals surface area contributed by atoms with Crippen LogP contribution in [0.25, 0.3) is 0 Å². The molecule has 0 fully saturated rings. The number of aryl methyl sites for hydroxylation is 1. The summed E-state index contributed by atoms with van der Waals surface area (Å²) in [6, 6.07) is 0. The Bertz CT molecular complexity index is 392. The molecule has 2 N–H and O–H groups in total. The van der Waals surface area contributed by atoms with E-state index in [1.54, 1.807) is 18.4 Å². The highest BCUT2D eigenvalue weighted by atomic mass is 127. The Labute approximate surface area is 143 Å². The van der Waals surface area contributed by atoms with E-state index in [9.17, 15) is 0 Å². The maximum absolute atomic E-state index is 4.38. The fraction of sp³-hybridized carbons (Fsp3) is 0.692. The van der Waals surface area contributed by atoms with Crippen molar-refractivity contribution in [2.75, 3.05) is 34.2 Å². The van der Waals surface area contributed by atoms with E-state index in [0.29, 0.717) is 0 Å². The van der Waals surface area contributed by atoms with Gasteiger partial charge in [0.2, 0.25) is 0 Å². The van der Waals surface area contributed by atoms with Gasteiger partial charge in [-0.2, -0.15) is 0 Å². The van der Waals surface area contributed by atoms with Crippen LogP contribution in [0.4, 0.5) is 0 Å². The minimum absolute atomic E-state index is 0. The van der Waals surface area contributed by atoms with Crippen LogP contribution in [0.1, 0.15) is 23.2 Å². The molecule has 0 atom stereocenters. The molecule has 1 rings (SSSR count). The smallest absolute Gasteiger partial charge is 0.191 e. The third kappa shape index (κ3) is 8.01. The summed E-state index contributed by atoms with van der Waals surface area (Å²) in [4.78, 5) is 12.1. The van der Waals surface area contributed by atoms with E-state index in [4.69, 9.17) is 0 Å². The highest BCUT2D eigenvalue weighted by Gasteiger charge is 2.02. The summed E-state index contributed by atoms with van der Waals surface area (Å²) in [5, 5.41) is 7.69. The molecule has 20 heavy (non-hydrogen) atoms. The number of hydrogen-bond donors (Lipinski definition) is 2. The second-order valence-electron chi connectivity index (χ2n) is 4.58. The Morgan fingerprint density at radius 2 is 2.15 bits per heavy atom. The number of halogens is 1. The number of rotatable bonds is 7. The first-order chi connectivity index (χ1) is 9.15. The van der Waals surface area contributed by atoms with Gasteiger partial charge in [0.1, 0.15) is 5.01 Å². The number of nitrogens with zero attached hydrogens (tertiary/aromatic N) is 3. The summed E-state index contributed by atoms with van der Waals surface area (Å²) in [6.45, 7) is 4.89. The minimum Gasteiger partial charge on any atom is -0.356 e. The van der Waals surface area contributed by atoms with Gasteiger partial charge in [-0.25, -0.2) is 4.98 Å². The van der Waals surface area contributed by atoms with E-state index in [0.717, 1.165) is 43.4 Å². The van der Waals surface area contributed by atoms with Crippen molar-refractivity contribution in [1.29, 1.82) is 0 Å². The van der Waals surface area contributed by atoms with Gasteiger partial charge in [-0.15, -0.1) is 35.3 Å². The fourth-order valence-electron chi connectivity index (χ4n) is 1.58. The van der Waals surface area contributed by atoms with Crippen LogP contribution in [-0.2, 0) is 13.0 Å². The molecule has 5 nitrogen and oxygen atoms in total. The largest absolute Gasteiger partial charge is 0.356 e. The average Bonchev–Trinajstić information content (AvgIpc) is 2.85. The van der Waals surface area contributed by atoms with Crippen molar-refractivity contribution < 1.29 is 0 Å². The van der Waals surface area contributed by atoms with Crippen LogP contribution in [0.15, 0.2) is 11.2 Å². The molecule has 116 valence electrons. The third-order valence-electron chi connectivity index (χ3n) is 2.66. The van der Waals surface area contributed by atoms with Crippen LogP contribution in [0.3, 0.4) is 0 Å². The Morgan fingerprint density at radius 1 is 1.40 bits per heavy atom. The van der Waals surface area contributed by atoms with Crippen LogP contribution in [0.2, 0.25) is 0 Å². The molecular weight excluding hydrogens is 385 g/mol. The maximum atomic E-state index is 4.38. The lowest BCUT2D eigenvalue weighted by atomic mass is 10.4. The van der Waals surface area contributed by atoms with Gasteiger partial charge in [0.05, 0.1) is 6.54 Å². The highest BCUT2D eigenvalue weighted by molar-refractivity contribution is 14.0. The summed E-state index contributed by atoms with van der Waals surface area (Å²) >= 11 is 1.75. The molecule has 0 amide bonds. The molecule has 0 aliphatic heterocycles. The first-order valence-electron chi connectivity index (χ1n) is 6.68. The number of aromatic nitrogens is 1. The van der Waals surface area contributed by atoms with Gasteiger partial charge < -0.3 is 15.5 Å². The summed E-state index contributed by atoms with van der Waals surface area (Å²) < 4.78 is 0. The molecule has 7 heteroatoms. The maximum Gasteiger partial charge on any atom is 0.191 e. The van der Waals surface area contributed by atoms with Crippen molar-refractivity contribution in [2.45, 2.75) is 26.3 Å². The summed E-state index contributed by atoms with van der Waals surface area (Å²) in [7, 11) is 5.96. The highest BCUT2D eigenvalue weighted by Crippen LogP contribution is 2.12. The zero-order valence-electron chi connectivity index (χ0n) is 12.8. The van der Waals surface area contributed by atoms with Gasteiger partial charge >= 0.3 is 0 Å². The molecule has 1 aromatic heterocycles. The zero-order valence-corrected chi connectivity index (χ0v) is 15.9. The van der Waals surface area contributed by atoms with E-state index in [1.807, 2.05) is 6.20 Å². The van der Waals surface area contributed by atoms with Crippen molar-refractivity contribution in [1.82, 2.24) is 20.5 Å². The molecular formula is C13H26IN5S. The van der Waals surface area contributed by atoms with Gasteiger partial charge in [0.15, 0.2) is 5.96 Å². The second-order valence-corrected chi connectivity index (χ2v) is 5.78. The lowest BCUT2D eigenvalue weighted by Crippen LogP contribution is -2.38. The molecule has 0 spiro atoms. The standard InChI is InChI=1S/C13H25N5S.HI/c1-5-11-9-16-12(19-11)10-17-13(14-2)15-7-6-8-18(3)4;/h9H,5-8,10H2,1-4H3,(H2,14,15,17);1H. The van der Waals surface area contributed by atoms with Crippen LogP contribution < -0.4 is 10.6 Å². The molecule has 0 saturated heterocycles. The molecule has 0 aromatic carbocycles. The Hall–Kier alpha value is -0.410. The van der Waals surface area contributed by atoms with Crippen molar-refractivity contribution >= 4 is 41.3 Å². The topological polar surface area (TPSA) is 52.6 Å². The van der Waals surface area contributed by atoms with Gasteiger partial charge in [0.25, 0.3) is 0 Å². The number of hydrogen-bond acceptors (Lipinski definition) is 4. The molecule has 0 radical (unpaired) electrons. The number of thiazole rings is 1. The molecule has 0 aliphatic rings. The first-order valence-corrected chi connectivity index (χ1v) is 7.50. The lowest BCUT2D eigenvalue weighted by molar-refractivity contribution is 0.399. The molecule has 0 bridgehead atoms. The third-order valence-corrected chi connectivity index (χ3v) is 3.80. The predicted molar refractivity (Wildman–Crippen MR) is 98.3 cm³/mol. The van der Waals surface area contributed by atoms with Crippen molar-refractivity contribution in [3.8, 4) is 0 Å². The quantitative estimate of drug-likeness (QED) is 0.312. The van der Waals surface area contributed by atoms with E-state index >= 15 is 0 Å². The first kappa shape index (κ1) is 19.6. The normalized spacial score (nSPS) is 11.3. The average molecular weight is 411 g/mol. The number of aliphatic imine (C=N–C) groups is 1. The fourth-order valence-corrected chi connectivity index (χ4v) is 2.38. The molecule has 0 aliphatic carbocycles. The summed E-state index contributed by atoms with van der Waals surface area (Å²) in [5.41, 5.74) is 0. The van der Waals surface area contributed by atoms with Crippen LogP contribution >= 0.6 is 35.3 Å². The van der Waals surface area contributed by atoms with Crippen LogP contribution in [-0.4, -0.2) is 50.1 Å². The van der Waals surface area contributed by atoms with Crippen molar-refractivity contribution in [3.05, 3.63) is 16.1 Å². The monoisotopic (exact) mass is 411 g/mol. The van der Waals surface area contributed by atoms with Gasteiger partial charge in [-0.3, -0.25) is 4.99 Å². The lowest BCUT2D eigenvalue weighted by Gasteiger charge is -2.12. The molecule has 0 unspecified atom stereocenters. The predicted octanol–water partition coefficient (Wildman–Crippen LogP) is 1.94. The van der Waals surface area contributed by atoms with Crippen LogP contribution in [0.5, 0.6) is 0 Å². The van der Waals surface area contributed by atoms with E-state index in [2.05, 4.69) is 46.5 Å². The zero-order chi connectivity index (χ0) is 14.1. The molecule has 1 aromatic rings. The second kappa shape index (κ2) is 11.3. The number of nitrogens with one attached hydrogen (secondary N) is 2. The molecule has 1 heterocycles. The van der Waals surface area contributed by atoms with Gasteiger partial charge in [0, 0.05) is 24.7 Å². The summed E-state index contributed by atoms with van der Waals surface area (Å²) in [5.74, 6) is 0.840. The van der Waals surface area contributed by atoms with E-state index in [-0.39, 0.29) is 24.0 Å². The Morgan fingerprint density at radius 3 is 2.70 bits per heavy atom. The number of guanidine groups is 1. The van der Waals surface area contributed by atoms with Crippen molar-refractivity contribution in [3.63, 3.8) is 0 Å². The van der Waals surface area contributed by atoms with Crippen LogP contribution in [0, 0.1) is 0 Å². The van der Waals surface area contributed by atoms with Gasteiger partial charge in [-0.1, -0.05) is 6.92 Å². The molecule has 0 saturated carbocycles. The summed E-state index contributed by atoms with van der Waals surface area (Å²) in [6.07, 6.45) is 4.11.